The summed E-state index contributed by atoms with van der Waals surface area (Å²) in [7, 11) is 0. The molecule has 0 spiro atoms. The topological polar surface area (TPSA) is 45.2 Å². The van der Waals surface area contributed by atoms with Crippen LogP contribution in [0.25, 0.3) is 0 Å². The Morgan fingerprint density at radius 3 is 2.25 bits per heavy atom. The van der Waals surface area contributed by atoms with Crippen molar-refractivity contribution in [3.8, 4) is 0 Å². The van der Waals surface area contributed by atoms with Crippen molar-refractivity contribution in [3.05, 3.63) is 53.9 Å². The molecule has 1 amide bonds. The van der Waals surface area contributed by atoms with Crippen LogP contribution in [0.1, 0.15) is 50.5 Å². The van der Waals surface area contributed by atoms with Gasteiger partial charge in [-0.2, -0.15) is 0 Å². The van der Waals surface area contributed by atoms with Crippen LogP contribution in [0.3, 0.4) is 0 Å². The first-order chi connectivity index (χ1) is 11.3. The van der Waals surface area contributed by atoms with Crippen molar-refractivity contribution in [2.75, 3.05) is 23.3 Å². The van der Waals surface area contributed by atoms with Crippen molar-refractivity contribution in [2.24, 2.45) is 0 Å². The maximum Gasteiger partial charge on any atom is 0.257 e. The second-order valence-electron chi connectivity index (χ2n) is 6.89. The van der Waals surface area contributed by atoms with Gasteiger partial charge in [-0.3, -0.25) is 9.78 Å². The smallest absolute Gasteiger partial charge is 0.257 e. The van der Waals surface area contributed by atoms with Crippen molar-refractivity contribution in [2.45, 2.75) is 40.0 Å². The monoisotopic (exact) mass is 325 g/mol. The first-order valence-electron chi connectivity index (χ1n) is 8.47. The molecule has 1 heterocycles. The summed E-state index contributed by atoms with van der Waals surface area (Å²) in [4.78, 5) is 18.9. The van der Waals surface area contributed by atoms with Crippen LogP contribution in [0.15, 0.2) is 42.7 Å². The maximum absolute atomic E-state index is 12.5. The number of pyridine rings is 1. The van der Waals surface area contributed by atoms with Crippen molar-refractivity contribution in [3.63, 3.8) is 0 Å². The average Bonchev–Trinajstić information content (AvgIpc) is 2.56. The lowest BCUT2D eigenvalue weighted by atomic mass is 9.87. The molecule has 0 radical (unpaired) electrons. The quantitative estimate of drug-likeness (QED) is 0.881. The molecular weight excluding hydrogens is 298 g/mol. The molecule has 4 nitrogen and oxygen atoms in total. The lowest BCUT2D eigenvalue weighted by Crippen LogP contribution is -2.22. The third-order valence-electron chi connectivity index (χ3n) is 4.12. The molecule has 1 aromatic heterocycles. The molecule has 0 saturated carbocycles. The molecule has 128 valence electrons. The fraction of sp³-hybridized carbons (Fsp3) is 0.400. The highest BCUT2D eigenvalue weighted by Gasteiger charge is 2.14. The van der Waals surface area contributed by atoms with Gasteiger partial charge in [0.2, 0.25) is 0 Å². The van der Waals surface area contributed by atoms with Crippen molar-refractivity contribution in [1.29, 1.82) is 0 Å². The second-order valence-corrected chi connectivity index (χ2v) is 6.89. The highest BCUT2D eigenvalue weighted by atomic mass is 16.1. The molecule has 0 unspecified atom stereocenters. The molecule has 0 atom stereocenters. The number of carbonyl (C=O) groups is 1. The lowest BCUT2D eigenvalue weighted by Gasteiger charge is -2.21. The number of nitrogens with one attached hydrogen (secondary N) is 1. The highest BCUT2D eigenvalue weighted by molar-refractivity contribution is 6.04. The molecule has 1 aromatic carbocycles. The van der Waals surface area contributed by atoms with E-state index in [1.807, 2.05) is 18.2 Å². The van der Waals surface area contributed by atoms with Crippen LogP contribution in [-0.2, 0) is 5.41 Å². The number of hydrogen-bond donors (Lipinski definition) is 1. The van der Waals surface area contributed by atoms with E-state index in [0.29, 0.717) is 5.56 Å². The van der Waals surface area contributed by atoms with Crippen LogP contribution in [0, 0.1) is 0 Å². The third kappa shape index (κ3) is 4.34. The van der Waals surface area contributed by atoms with E-state index in [1.165, 1.54) is 5.56 Å². The van der Waals surface area contributed by atoms with Gasteiger partial charge in [-0.05, 0) is 43.0 Å². The molecule has 0 aliphatic carbocycles. The maximum atomic E-state index is 12.5. The van der Waals surface area contributed by atoms with E-state index in [9.17, 15) is 4.79 Å². The molecule has 0 saturated heterocycles. The number of rotatable bonds is 5. The highest BCUT2D eigenvalue weighted by Crippen LogP contribution is 2.24. The predicted octanol–water partition coefficient (Wildman–Crippen LogP) is 4.48. The van der Waals surface area contributed by atoms with Gasteiger partial charge < -0.3 is 10.2 Å². The largest absolute Gasteiger partial charge is 0.371 e. The summed E-state index contributed by atoms with van der Waals surface area (Å²) in [6.45, 7) is 12.5. The van der Waals surface area contributed by atoms with Gasteiger partial charge >= 0.3 is 0 Å². The van der Waals surface area contributed by atoms with Crippen molar-refractivity contribution in [1.82, 2.24) is 4.98 Å². The molecule has 0 aliphatic rings. The molecule has 2 aromatic rings. The molecule has 2 rings (SSSR count). The molecular formula is C20H27N3O. The standard InChI is InChI=1S/C20H27N3O/c1-6-23(7-2)18-12-15(13-21-14-18)19(24)22-17-10-8-16(9-11-17)20(3,4)5/h8-14H,6-7H2,1-5H3,(H,22,24). The Balaban J connectivity index is 2.14. The minimum Gasteiger partial charge on any atom is -0.371 e. The molecule has 4 heteroatoms. The molecule has 1 N–H and O–H groups in total. The average molecular weight is 325 g/mol. The number of benzene rings is 1. The van der Waals surface area contributed by atoms with E-state index in [2.05, 4.69) is 62.0 Å². The van der Waals surface area contributed by atoms with Gasteiger partial charge in [0.05, 0.1) is 17.4 Å². The zero-order valence-electron chi connectivity index (χ0n) is 15.3. The molecule has 0 fully saturated rings. The number of carbonyl (C=O) groups excluding carboxylic acids is 1. The Labute approximate surface area is 144 Å². The Bertz CT molecular complexity index is 683. The van der Waals surface area contributed by atoms with Gasteiger partial charge in [-0.25, -0.2) is 0 Å². The van der Waals surface area contributed by atoms with Gasteiger partial charge in [-0.1, -0.05) is 32.9 Å². The zero-order valence-corrected chi connectivity index (χ0v) is 15.3. The van der Waals surface area contributed by atoms with Crippen molar-refractivity contribution < 1.29 is 4.79 Å². The van der Waals surface area contributed by atoms with Crippen LogP contribution < -0.4 is 10.2 Å². The van der Waals surface area contributed by atoms with Gasteiger partial charge in [0.1, 0.15) is 0 Å². The molecule has 24 heavy (non-hydrogen) atoms. The van der Waals surface area contributed by atoms with E-state index in [4.69, 9.17) is 0 Å². The lowest BCUT2D eigenvalue weighted by molar-refractivity contribution is 0.102. The third-order valence-corrected chi connectivity index (χ3v) is 4.12. The van der Waals surface area contributed by atoms with Crippen LogP contribution >= 0.6 is 0 Å². The fourth-order valence-corrected chi connectivity index (χ4v) is 2.57. The normalized spacial score (nSPS) is 11.2. The van der Waals surface area contributed by atoms with Gasteiger partial charge in [0.25, 0.3) is 5.91 Å². The summed E-state index contributed by atoms with van der Waals surface area (Å²) >= 11 is 0. The zero-order chi connectivity index (χ0) is 17.7. The van der Waals surface area contributed by atoms with E-state index < -0.39 is 0 Å². The Morgan fingerprint density at radius 2 is 1.71 bits per heavy atom. The Hall–Kier alpha value is -2.36. The number of aromatic nitrogens is 1. The molecule has 0 bridgehead atoms. The van der Waals surface area contributed by atoms with Crippen LogP contribution in [0.4, 0.5) is 11.4 Å². The number of amides is 1. The van der Waals surface area contributed by atoms with Gasteiger partial charge in [0.15, 0.2) is 0 Å². The van der Waals surface area contributed by atoms with Gasteiger partial charge in [-0.15, -0.1) is 0 Å². The van der Waals surface area contributed by atoms with Crippen LogP contribution in [0.5, 0.6) is 0 Å². The van der Waals surface area contributed by atoms with E-state index >= 15 is 0 Å². The second kappa shape index (κ2) is 7.47. The summed E-state index contributed by atoms with van der Waals surface area (Å²) in [5.41, 5.74) is 3.67. The summed E-state index contributed by atoms with van der Waals surface area (Å²) in [5.74, 6) is -0.139. The first kappa shape index (κ1) is 18.0. The summed E-state index contributed by atoms with van der Waals surface area (Å²) in [6, 6.07) is 9.89. The minimum atomic E-state index is -0.139. The van der Waals surface area contributed by atoms with E-state index in [0.717, 1.165) is 24.5 Å². The Morgan fingerprint density at radius 1 is 1.08 bits per heavy atom. The Kier molecular flexibility index (Phi) is 5.60. The van der Waals surface area contributed by atoms with Crippen LogP contribution in [-0.4, -0.2) is 24.0 Å². The van der Waals surface area contributed by atoms with Crippen molar-refractivity contribution >= 4 is 17.3 Å². The molecule has 0 aliphatic heterocycles. The SMILES string of the molecule is CCN(CC)c1cncc(C(=O)Nc2ccc(C(C)(C)C)cc2)c1. The summed E-state index contributed by atoms with van der Waals surface area (Å²) < 4.78 is 0. The van der Waals surface area contributed by atoms with Crippen LogP contribution in [0.2, 0.25) is 0 Å². The number of anilines is 2. The number of hydrogen-bond acceptors (Lipinski definition) is 3. The first-order valence-corrected chi connectivity index (χ1v) is 8.47. The minimum absolute atomic E-state index is 0.102. The van der Waals surface area contributed by atoms with E-state index in [1.54, 1.807) is 12.4 Å². The summed E-state index contributed by atoms with van der Waals surface area (Å²) in [6.07, 6.45) is 3.40. The van der Waals surface area contributed by atoms with Gasteiger partial charge in [0, 0.05) is 25.0 Å². The fourth-order valence-electron chi connectivity index (χ4n) is 2.57. The summed E-state index contributed by atoms with van der Waals surface area (Å²) in [5, 5.41) is 2.94. The predicted molar refractivity (Wildman–Crippen MR) is 101 cm³/mol. The number of nitrogens with zero attached hydrogens (tertiary/aromatic N) is 2. The van der Waals surface area contributed by atoms with E-state index in [-0.39, 0.29) is 11.3 Å².